The van der Waals surface area contributed by atoms with Gasteiger partial charge in [0.2, 0.25) is 0 Å². The van der Waals surface area contributed by atoms with Gasteiger partial charge in [-0.3, -0.25) is 14.4 Å². The van der Waals surface area contributed by atoms with Gasteiger partial charge in [-0.1, -0.05) is 13.8 Å². The molecule has 0 aliphatic heterocycles. The van der Waals surface area contributed by atoms with Crippen LogP contribution in [0.4, 0.5) is 0 Å². The van der Waals surface area contributed by atoms with Crippen LogP contribution in [0.5, 0.6) is 17.2 Å². The number of Topliss-reactive ketones (excluding diaryl/α,β-unsaturated/α-hetero) is 3. The van der Waals surface area contributed by atoms with Gasteiger partial charge in [-0.2, -0.15) is 0 Å². The lowest BCUT2D eigenvalue weighted by molar-refractivity contribution is -0.143. The molecule has 1 saturated carbocycles. The summed E-state index contributed by atoms with van der Waals surface area (Å²) in [5.74, 6) is -1.29. The highest BCUT2D eigenvalue weighted by atomic mass is 16.5. The number of methoxy groups -OCH3 is 3. The molecule has 0 saturated heterocycles. The third-order valence-electron chi connectivity index (χ3n) is 4.55. The van der Waals surface area contributed by atoms with Crippen molar-refractivity contribution < 1.29 is 28.6 Å². The van der Waals surface area contributed by atoms with Crippen LogP contribution in [0.3, 0.4) is 0 Å². The Hall–Kier alpha value is -2.37. The average molecular weight is 348 g/mol. The van der Waals surface area contributed by atoms with Crippen molar-refractivity contribution in [2.24, 2.45) is 11.8 Å². The Balaban J connectivity index is 2.40. The average Bonchev–Trinajstić information content (AvgIpc) is 2.59. The van der Waals surface area contributed by atoms with E-state index >= 15 is 0 Å². The minimum Gasteiger partial charge on any atom is -0.496 e. The minimum atomic E-state index is -1.13. The first-order valence-corrected chi connectivity index (χ1v) is 8.23. The van der Waals surface area contributed by atoms with E-state index in [1.54, 1.807) is 26.0 Å². The Labute approximate surface area is 147 Å². The third-order valence-corrected chi connectivity index (χ3v) is 4.55. The van der Waals surface area contributed by atoms with Crippen LogP contribution in [-0.4, -0.2) is 38.7 Å². The van der Waals surface area contributed by atoms with Crippen molar-refractivity contribution in [3.8, 4) is 17.2 Å². The summed E-state index contributed by atoms with van der Waals surface area (Å²) in [5.41, 5.74) is 0.656. The monoisotopic (exact) mass is 348 g/mol. The highest BCUT2D eigenvalue weighted by Gasteiger charge is 2.42. The molecule has 2 rings (SSSR count). The van der Waals surface area contributed by atoms with Gasteiger partial charge in [0.25, 0.3) is 0 Å². The number of ether oxygens (including phenoxy) is 3. The Bertz CT molecular complexity index is 648. The molecule has 0 N–H and O–H groups in total. The molecule has 6 nitrogen and oxygen atoms in total. The normalized spacial score (nSPS) is 20.6. The number of rotatable bonds is 6. The van der Waals surface area contributed by atoms with E-state index in [9.17, 15) is 14.4 Å². The highest BCUT2D eigenvalue weighted by molar-refractivity contribution is 6.21. The Morgan fingerprint density at radius 3 is 1.80 bits per heavy atom. The van der Waals surface area contributed by atoms with Crippen LogP contribution in [-0.2, 0) is 14.4 Å². The fourth-order valence-electron chi connectivity index (χ4n) is 3.26. The minimum absolute atomic E-state index is 0.105. The second kappa shape index (κ2) is 7.68. The predicted molar refractivity (Wildman–Crippen MR) is 91.4 cm³/mol. The maximum absolute atomic E-state index is 12.5. The summed E-state index contributed by atoms with van der Waals surface area (Å²) in [6, 6.07) is 3.39. The molecule has 25 heavy (non-hydrogen) atoms. The molecule has 0 aromatic heterocycles. The quantitative estimate of drug-likeness (QED) is 0.735. The second-order valence-corrected chi connectivity index (χ2v) is 6.47. The summed E-state index contributed by atoms with van der Waals surface area (Å²) in [7, 11) is 4.55. The van der Waals surface area contributed by atoms with Gasteiger partial charge in [-0.25, -0.2) is 0 Å². The number of hydrogen-bond donors (Lipinski definition) is 0. The molecule has 0 unspecified atom stereocenters. The number of ketones is 3. The van der Waals surface area contributed by atoms with E-state index in [4.69, 9.17) is 14.2 Å². The fraction of sp³-hybridized carbons (Fsp3) is 0.526. The molecule has 0 radical (unpaired) electrons. The van der Waals surface area contributed by atoms with Crippen LogP contribution in [0, 0.1) is 11.8 Å². The molecular formula is C19H24O6. The van der Waals surface area contributed by atoms with Gasteiger partial charge in [0.15, 0.2) is 17.3 Å². The van der Waals surface area contributed by atoms with E-state index in [2.05, 4.69) is 0 Å². The number of carbonyl (C=O) groups is 3. The maximum Gasteiger partial charge on any atom is 0.153 e. The van der Waals surface area contributed by atoms with E-state index in [-0.39, 0.29) is 42.0 Å². The van der Waals surface area contributed by atoms with E-state index in [1.807, 2.05) is 0 Å². The van der Waals surface area contributed by atoms with Crippen molar-refractivity contribution in [2.75, 3.05) is 21.3 Å². The number of hydrogen-bond acceptors (Lipinski definition) is 6. The lowest BCUT2D eigenvalue weighted by atomic mass is 9.73. The van der Waals surface area contributed by atoms with Crippen LogP contribution in [0.25, 0.3) is 0 Å². The molecular weight excluding hydrogens is 324 g/mol. The van der Waals surface area contributed by atoms with Gasteiger partial charge in [-0.05, 0) is 0 Å². The van der Waals surface area contributed by atoms with Gasteiger partial charge >= 0.3 is 0 Å². The van der Waals surface area contributed by atoms with Gasteiger partial charge in [0.05, 0.1) is 21.3 Å². The fourth-order valence-corrected chi connectivity index (χ4v) is 3.26. The lowest BCUT2D eigenvalue weighted by Gasteiger charge is -2.28. The number of benzene rings is 1. The Morgan fingerprint density at radius 2 is 1.44 bits per heavy atom. The van der Waals surface area contributed by atoms with E-state index in [0.29, 0.717) is 22.8 Å². The first-order valence-electron chi connectivity index (χ1n) is 8.23. The van der Waals surface area contributed by atoms with Gasteiger partial charge in [0.1, 0.15) is 23.2 Å². The second-order valence-electron chi connectivity index (χ2n) is 6.47. The van der Waals surface area contributed by atoms with Crippen LogP contribution >= 0.6 is 0 Å². The zero-order valence-corrected chi connectivity index (χ0v) is 15.3. The first kappa shape index (κ1) is 19.0. The van der Waals surface area contributed by atoms with Gasteiger partial charge in [0, 0.05) is 42.4 Å². The van der Waals surface area contributed by atoms with Crippen molar-refractivity contribution >= 4 is 17.3 Å². The summed E-state index contributed by atoms with van der Waals surface area (Å²) >= 11 is 0. The third kappa shape index (κ3) is 3.67. The van der Waals surface area contributed by atoms with Gasteiger partial charge < -0.3 is 14.2 Å². The Kier molecular flexibility index (Phi) is 5.82. The Morgan fingerprint density at radius 1 is 0.960 bits per heavy atom. The molecule has 1 aromatic carbocycles. The van der Waals surface area contributed by atoms with Crippen molar-refractivity contribution in [3.63, 3.8) is 0 Å². The van der Waals surface area contributed by atoms with Crippen molar-refractivity contribution in [1.29, 1.82) is 0 Å². The molecule has 1 aliphatic carbocycles. The molecule has 136 valence electrons. The summed E-state index contributed by atoms with van der Waals surface area (Å²) in [5, 5.41) is 0. The highest BCUT2D eigenvalue weighted by Crippen LogP contribution is 2.44. The summed E-state index contributed by atoms with van der Waals surface area (Å²) in [6.07, 6.45) is 0.210. The standard InChI is InChI=1S/C19H24O6/c1-10(2)19(22)18-13(20)6-11(7-14(18)21)17-15(24-4)8-12(23-3)9-16(17)25-5/h8-11,18H,6-7H2,1-5H3. The van der Waals surface area contributed by atoms with E-state index < -0.39 is 5.92 Å². The predicted octanol–water partition coefficient (Wildman–Crippen LogP) is 2.57. The smallest absolute Gasteiger partial charge is 0.153 e. The first-order chi connectivity index (χ1) is 11.8. The maximum atomic E-state index is 12.5. The summed E-state index contributed by atoms with van der Waals surface area (Å²) < 4.78 is 16.1. The topological polar surface area (TPSA) is 78.9 Å². The van der Waals surface area contributed by atoms with Crippen LogP contribution in [0.15, 0.2) is 12.1 Å². The summed E-state index contributed by atoms with van der Waals surface area (Å²) in [4.78, 5) is 37.2. The van der Waals surface area contributed by atoms with Crippen molar-refractivity contribution in [3.05, 3.63) is 17.7 Å². The van der Waals surface area contributed by atoms with Crippen LogP contribution < -0.4 is 14.2 Å². The van der Waals surface area contributed by atoms with E-state index in [1.165, 1.54) is 21.3 Å². The van der Waals surface area contributed by atoms with Gasteiger partial charge in [-0.15, -0.1) is 0 Å². The van der Waals surface area contributed by atoms with E-state index in [0.717, 1.165) is 0 Å². The lowest BCUT2D eigenvalue weighted by Crippen LogP contribution is -2.40. The zero-order valence-electron chi connectivity index (χ0n) is 15.3. The van der Waals surface area contributed by atoms with Crippen LogP contribution in [0.2, 0.25) is 0 Å². The molecule has 0 spiro atoms. The summed E-state index contributed by atoms with van der Waals surface area (Å²) in [6.45, 7) is 3.40. The SMILES string of the molecule is COc1cc(OC)c(C2CC(=O)C(C(=O)C(C)C)C(=O)C2)c(OC)c1. The van der Waals surface area contributed by atoms with Crippen molar-refractivity contribution in [2.45, 2.75) is 32.6 Å². The molecule has 0 bridgehead atoms. The molecule has 1 aromatic rings. The number of carbonyl (C=O) groups excluding carboxylic acids is 3. The largest absolute Gasteiger partial charge is 0.496 e. The molecule has 0 heterocycles. The van der Waals surface area contributed by atoms with Crippen molar-refractivity contribution in [1.82, 2.24) is 0 Å². The molecule has 1 aliphatic rings. The molecule has 6 heteroatoms. The van der Waals surface area contributed by atoms with Crippen LogP contribution in [0.1, 0.15) is 38.2 Å². The molecule has 0 amide bonds. The zero-order chi connectivity index (χ0) is 18.7. The molecule has 0 atom stereocenters. The molecule has 1 fully saturated rings.